The second kappa shape index (κ2) is 21.0. The van der Waals surface area contributed by atoms with Crippen molar-refractivity contribution < 1.29 is 35.4 Å². The minimum atomic E-state index is -1.60. The second-order valence-electron chi connectivity index (χ2n) is 8.05. The second-order valence-corrected chi connectivity index (χ2v) is 8.05. The van der Waals surface area contributed by atoms with Gasteiger partial charge in [-0.25, -0.2) is 0 Å². The van der Waals surface area contributed by atoms with Crippen LogP contribution in [0.25, 0.3) is 0 Å². The van der Waals surface area contributed by atoms with Gasteiger partial charge in [-0.2, -0.15) is 0 Å². The predicted octanol–water partition coefficient (Wildman–Crippen LogP) is 1.89. The van der Waals surface area contributed by atoms with E-state index in [4.69, 9.17) is 14.9 Å². The average Bonchev–Trinajstić information content (AvgIpc) is 2.73. The largest absolute Gasteiger partial charge is 0.396 e. The molecule has 0 saturated heterocycles. The highest BCUT2D eigenvalue weighted by Crippen LogP contribution is 2.13. The van der Waals surface area contributed by atoms with Gasteiger partial charge in [-0.1, -0.05) is 77.0 Å². The average molecular weight is 423 g/mol. The molecule has 0 bridgehead atoms. The first-order chi connectivity index (χ1) is 14.0. The van der Waals surface area contributed by atoms with Crippen LogP contribution in [0.15, 0.2) is 0 Å². The highest BCUT2D eigenvalue weighted by Gasteiger charge is 2.29. The molecule has 0 aliphatic heterocycles. The molecule has 0 rings (SSSR count). The number of ether oxygens (including phenoxy) is 1. The smallest absolute Gasteiger partial charge is 0.111 e. The summed E-state index contributed by atoms with van der Waals surface area (Å²) >= 11 is 0. The Labute approximate surface area is 176 Å². The van der Waals surface area contributed by atoms with Gasteiger partial charge >= 0.3 is 0 Å². The number of hydrogen-bond acceptors (Lipinski definition) is 7. The van der Waals surface area contributed by atoms with E-state index in [2.05, 4.69) is 0 Å². The van der Waals surface area contributed by atoms with Gasteiger partial charge in [-0.05, 0) is 12.8 Å². The van der Waals surface area contributed by atoms with Crippen molar-refractivity contribution in [1.29, 1.82) is 0 Å². The zero-order chi connectivity index (χ0) is 21.7. The van der Waals surface area contributed by atoms with Crippen LogP contribution in [0, 0.1) is 0 Å². The highest BCUT2D eigenvalue weighted by atomic mass is 16.5. The monoisotopic (exact) mass is 422 g/mol. The zero-order valence-corrected chi connectivity index (χ0v) is 18.1. The number of unbranched alkanes of at least 4 members (excludes halogenated alkanes) is 13. The molecule has 0 aromatic rings. The van der Waals surface area contributed by atoms with Crippen molar-refractivity contribution in [2.75, 3.05) is 26.4 Å². The molecule has 0 aromatic carbocycles. The Morgan fingerprint density at radius 2 is 0.862 bits per heavy atom. The maximum Gasteiger partial charge on any atom is 0.111 e. The molecular formula is C22H46O7. The summed E-state index contributed by atoms with van der Waals surface area (Å²) in [7, 11) is 0. The van der Waals surface area contributed by atoms with Gasteiger partial charge in [0.15, 0.2) is 0 Å². The fourth-order valence-corrected chi connectivity index (χ4v) is 3.30. The van der Waals surface area contributed by atoms with Crippen molar-refractivity contribution in [2.24, 2.45) is 0 Å². The topological polar surface area (TPSA) is 131 Å². The third kappa shape index (κ3) is 17.1. The van der Waals surface area contributed by atoms with Gasteiger partial charge in [0, 0.05) is 13.2 Å². The standard InChI is InChI=1S/C22H46O7/c23-15-13-11-9-7-5-3-1-2-4-6-8-10-12-14-16-29-18-20(26)22(28)21(27)19(25)17-24/h19-28H,1-18H2. The Kier molecular flexibility index (Phi) is 20.8. The lowest BCUT2D eigenvalue weighted by molar-refractivity contribution is -0.129. The molecule has 0 heterocycles. The van der Waals surface area contributed by atoms with Crippen LogP contribution < -0.4 is 0 Å². The molecule has 7 heteroatoms. The Morgan fingerprint density at radius 1 is 0.483 bits per heavy atom. The van der Waals surface area contributed by atoms with Gasteiger partial charge in [-0.3, -0.25) is 0 Å². The molecule has 6 N–H and O–H groups in total. The van der Waals surface area contributed by atoms with Crippen molar-refractivity contribution in [3.05, 3.63) is 0 Å². The summed E-state index contributed by atoms with van der Waals surface area (Å²) in [5.41, 5.74) is 0. The van der Waals surface area contributed by atoms with Crippen molar-refractivity contribution in [2.45, 2.75) is 114 Å². The van der Waals surface area contributed by atoms with E-state index in [1.165, 1.54) is 64.2 Å². The van der Waals surface area contributed by atoms with E-state index < -0.39 is 31.0 Å². The Morgan fingerprint density at radius 3 is 1.28 bits per heavy atom. The summed E-state index contributed by atoms with van der Waals surface area (Å²) in [6.07, 6.45) is 10.9. The van der Waals surface area contributed by atoms with E-state index >= 15 is 0 Å². The lowest BCUT2D eigenvalue weighted by Gasteiger charge is -2.25. The molecule has 0 amide bonds. The molecule has 0 aliphatic carbocycles. The fraction of sp³-hybridized carbons (Fsp3) is 1.00. The van der Waals surface area contributed by atoms with E-state index in [9.17, 15) is 20.4 Å². The van der Waals surface area contributed by atoms with Gasteiger partial charge < -0.3 is 35.4 Å². The van der Waals surface area contributed by atoms with Crippen molar-refractivity contribution in [3.8, 4) is 0 Å². The van der Waals surface area contributed by atoms with Gasteiger partial charge in [0.1, 0.15) is 24.4 Å². The van der Waals surface area contributed by atoms with E-state index in [-0.39, 0.29) is 6.61 Å². The molecule has 7 nitrogen and oxygen atoms in total. The highest BCUT2D eigenvalue weighted by molar-refractivity contribution is 4.80. The number of rotatable bonds is 22. The summed E-state index contributed by atoms with van der Waals surface area (Å²) < 4.78 is 5.32. The van der Waals surface area contributed by atoms with Crippen LogP contribution in [0.5, 0.6) is 0 Å². The van der Waals surface area contributed by atoms with E-state index in [1.807, 2.05) is 0 Å². The molecule has 4 unspecified atom stereocenters. The van der Waals surface area contributed by atoms with Crippen LogP contribution in [0.3, 0.4) is 0 Å². The summed E-state index contributed by atoms with van der Waals surface area (Å²) in [5, 5.41) is 55.6. The third-order valence-corrected chi connectivity index (χ3v) is 5.31. The number of hydrogen-bond donors (Lipinski definition) is 6. The van der Waals surface area contributed by atoms with Crippen LogP contribution in [-0.2, 0) is 4.74 Å². The molecule has 4 atom stereocenters. The van der Waals surface area contributed by atoms with Crippen LogP contribution in [0.1, 0.15) is 89.9 Å². The molecule has 0 radical (unpaired) electrons. The third-order valence-electron chi connectivity index (χ3n) is 5.31. The van der Waals surface area contributed by atoms with Crippen molar-refractivity contribution in [3.63, 3.8) is 0 Å². The van der Waals surface area contributed by atoms with Crippen LogP contribution in [0.2, 0.25) is 0 Å². The predicted molar refractivity (Wildman–Crippen MR) is 114 cm³/mol. The summed E-state index contributed by atoms with van der Waals surface area (Å²) in [6, 6.07) is 0. The Hall–Kier alpha value is -0.280. The summed E-state index contributed by atoms with van der Waals surface area (Å²) in [5.74, 6) is 0. The molecule has 0 aromatic heterocycles. The van der Waals surface area contributed by atoms with Gasteiger partial charge in [-0.15, -0.1) is 0 Å². The van der Waals surface area contributed by atoms with Crippen LogP contribution in [0.4, 0.5) is 0 Å². The molecule has 0 spiro atoms. The van der Waals surface area contributed by atoms with E-state index in [0.717, 1.165) is 25.7 Å². The number of aliphatic hydroxyl groups excluding tert-OH is 6. The van der Waals surface area contributed by atoms with Gasteiger partial charge in [0.25, 0.3) is 0 Å². The van der Waals surface area contributed by atoms with Gasteiger partial charge in [0.05, 0.1) is 13.2 Å². The van der Waals surface area contributed by atoms with Crippen molar-refractivity contribution >= 4 is 0 Å². The fourth-order valence-electron chi connectivity index (χ4n) is 3.30. The normalized spacial score (nSPS) is 15.9. The van der Waals surface area contributed by atoms with Crippen LogP contribution >= 0.6 is 0 Å². The summed E-state index contributed by atoms with van der Waals surface area (Å²) in [4.78, 5) is 0. The first kappa shape index (κ1) is 28.7. The lowest BCUT2D eigenvalue weighted by Crippen LogP contribution is -2.47. The molecule has 0 fully saturated rings. The molecule has 29 heavy (non-hydrogen) atoms. The first-order valence-corrected chi connectivity index (χ1v) is 11.6. The quantitative estimate of drug-likeness (QED) is 0.147. The Bertz CT molecular complexity index is 330. The zero-order valence-electron chi connectivity index (χ0n) is 18.1. The maximum absolute atomic E-state index is 9.72. The van der Waals surface area contributed by atoms with Crippen molar-refractivity contribution in [1.82, 2.24) is 0 Å². The molecular weight excluding hydrogens is 376 g/mol. The molecule has 0 aliphatic rings. The van der Waals surface area contributed by atoms with Crippen LogP contribution in [-0.4, -0.2) is 81.5 Å². The SMILES string of the molecule is OCCCCCCCCCCCCCCCCOCC(O)C(O)C(O)C(O)CO. The molecule has 176 valence electrons. The first-order valence-electron chi connectivity index (χ1n) is 11.6. The lowest BCUT2D eigenvalue weighted by atomic mass is 10.0. The molecule has 0 saturated carbocycles. The minimum absolute atomic E-state index is 0.113. The maximum atomic E-state index is 9.72. The van der Waals surface area contributed by atoms with E-state index in [0.29, 0.717) is 13.2 Å². The van der Waals surface area contributed by atoms with E-state index in [1.54, 1.807) is 0 Å². The Balaban J connectivity index is 3.31. The number of aliphatic hydroxyl groups is 6. The van der Waals surface area contributed by atoms with Gasteiger partial charge in [0.2, 0.25) is 0 Å². The minimum Gasteiger partial charge on any atom is -0.396 e. The summed E-state index contributed by atoms with van der Waals surface area (Å²) in [6.45, 7) is 0.0136.